The molecular formula is C22H22N2O6. The Morgan fingerprint density at radius 2 is 1.93 bits per heavy atom. The van der Waals surface area contributed by atoms with E-state index in [9.17, 15) is 14.4 Å². The summed E-state index contributed by atoms with van der Waals surface area (Å²) in [6, 6.07) is 7.76. The van der Waals surface area contributed by atoms with Crippen molar-refractivity contribution in [3.63, 3.8) is 0 Å². The van der Waals surface area contributed by atoms with Gasteiger partial charge in [0.05, 0.1) is 23.6 Å². The van der Waals surface area contributed by atoms with Crippen molar-refractivity contribution in [2.75, 3.05) is 7.11 Å². The topological polar surface area (TPSA) is 101 Å². The maximum absolute atomic E-state index is 12.9. The van der Waals surface area contributed by atoms with E-state index >= 15 is 0 Å². The zero-order valence-electron chi connectivity index (χ0n) is 16.7. The molecule has 3 aromatic rings. The number of furan rings is 1. The molecule has 8 heteroatoms. The van der Waals surface area contributed by atoms with E-state index in [0.29, 0.717) is 28.8 Å². The van der Waals surface area contributed by atoms with Gasteiger partial charge in [-0.25, -0.2) is 14.6 Å². The highest BCUT2D eigenvalue weighted by Gasteiger charge is 2.17. The fourth-order valence-corrected chi connectivity index (χ4v) is 3.61. The third kappa shape index (κ3) is 3.98. The van der Waals surface area contributed by atoms with Crippen LogP contribution in [-0.2, 0) is 29.0 Å². The van der Waals surface area contributed by atoms with Crippen LogP contribution in [0.15, 0.2) is 39.5 Å². The molecule has 4 rings (SSSR count). The largest absolute Gasteiger partial charge is 0.463 e. The number of esters is 2. The second kappa shape index (κ2) is 8.52. The van der Waals surface area contributed by atoms with Gasteiger partial charge in [-0.1, -0.05) is 12.8 Å². The minimum atomic E-state index is -0.602. The van der Waals surface area contributed by atoms with Crippen LogP contribution in [-0.4, -0.2) is 28.6 Å². The number of carbonyl (C=O) groups excluding carboxylic acids is 2. The molecule has 1 aliphatic heterocycles. The quantitative estimate of drug-likeness (QED) is 0.609. The molecule has 1 aliphatic rings. The predicted molar refractivity (Wildman–Crippen MR) is 107 cm³/mol. The van der Waals surface area contributed by atoms with Crippen LogP contribution in [0.3, 0.4) is 0 Å². The number of fused-ring (bicyclic) bond motifs is 2. The Labute approximate surface area is 172 Å². The molecule has 0 fully saturated rings. The molecule has 0 saturated heterocycles. The van der Waals surface area contributed by atoms with E-state index in [1.807, 2.05) is 0 Å². The number of benzene rings is 1. The molecule has 1 aromatic carbocycles. The summed E-state index contributed by atoms with van der Waals surface area (Å²) in [5.41, 5.74) is 0.722. The monoisotopic (exact) mass is 410 g/mol. The third-order valence-electron chi connectivity index (χ3n) is 5.20. The first-order valence-electron chi connectivity index (χ1n) is 9.94. The van der Waals surface area contributed by atoms with Crippen LogP contribution in [0.4, 0.5) is 0 Å². The number of hydrogen-bond acceptors (Lipinski definition) is 7. The summed E-state index contributed by atoms with van der Waals surface area (Å²) in [7, 11) is 1.25. The average molecular weight is 410 g/mol. The first-order valence-corrected chi connectivity index (χ1v) is 9.94. The van der Waals surface area contributed by atoms with E-state index in [-0.39, 0.29) is 17.9 Å². The van der Waals surface area contributed by atoms with E-state index in [1.54, 1.807) is 28.8 Å². The molecule has 0 unspecified atom stereocenters. The van der Waals surface area contributed by atoms with Gasteiger partial charge in [0.1, 0.15) is 18.2 Å². The molecule has 156 valence electrons. The van der Waals surface area contributed by atoms with Crippen molar-refractivity contribution in [1.82, 2.24) is 9.55 Å². The number of rotatable bonds is 4. The van der Waals surface area contributed by atoms with E-state index in [1.165, 1.54) is 13.2 Å². The highest BCUT2D eigenvalue weighted by Crippen LogP contribution is 2.18. The van der Waals surface area contributed by atoms with E-state index in [0.717, 1.165) is 37.9 Å². The Morgan fingerprint density at radius 1 is 1.10 bits per heavy atom. The van der Waals surface area contributed by atoms with Crippen molar-refractivity contribution in [3.8, 4) is 0 Å². The fourth-order valence-electron chi connectivity index (χ4n) is 3.61. The zero-order valence-corrected chi connectivity index (χ0v) is 16.7. The Kier molecular flexibility index (Phi) is 5.65. The average Bonchev–Trinajstić information content (AvgIpc) is 3.21. The summed E-state index contributed by atoms with van der Waals surface area (Å²) in [5.74, 6) is -0.0442. The van der Waals surface area contributed by atoms with Crippen molar-refractivity contribution < 1.29 is 23.5 Å². The van der Waals surface area contributed by atoms with Gasteiger partial charge in [-0.05, 0) is 43.2 Å². The summed E-state index contributed by atoms with van der Waals surface area (Å²) in [6.07, 6.45) is 4.96. The smallest absolute Gasteiger partial charge is 0.373 e. The van der Waals surface area contributed by atoms with Gasteiger partial charge in [0.25, 0.3) is 5.56 Å². The predicted octanol–water partition coefficient (Wildman–Crippen LogP) is 3.25. The summed E-state index contributed by atoms with van der Waals surface area (Å²) < 4.78 is 16.9. The SMILES string of the molecule is COC(=O)c1ccc(COC(=O)c2ccc3c(=O)n4c(nc3c2)CCCCCC4)o1. The lowest BCUT2D eigenvalue weighted by atomic mass is 10.1. The van der Waals surface area contributed by atoms with Gasteiger partial charge in [-0.2, -0.15) is 0 Å². The normalized spacial score (nSPS) is 13.9. The van der Waals surface area contributed by atoms with E-state index < -0.39 is 11.9 Å². The Hall–Kier alpha value is -3.42. The van der Waals surface area contributed by atoms with Crippen molar-refractivity contribution in [1.29, 1.82) is 0 Å². The molecule has 0 N–H and O–H groups in total. The molecule has 0 saturated carbocycles. The van der Waals surface area contributed by atoms with Gasteiger partial charge in [0, 0.05) is 13.0 Å². The highest BCUT2D eigenvalue weighted by molar-refractivity contribution is 5.94. The Bertz CT molecular complexity index is 1160. The Morgan fingerprint density at radius 3 is 2.77 bits per heavy atom. The second-order valence-electron chi connectivity index (χ2n) is 7.21. The van der Waals surface area contributed by atoms with Gasteiger partial charge >= 0.3 is 11.9 Å². The minimum absolute atomic E-state index is 0.0374. The molecule has 0 spiro atoms. The molecular weight excluding hydrogens is 388 g/mol. The molecule has 3 heterocycles. The summed E-state index contributed by atoms with van der Waals surface area (Å²) >= 11 is 0. The molecule has 0 atom stereocenters. The lowest BCUT2D eigenvalue weighted by Crippen LogP contribution is -2.26. The van der Waals surface area contributed by atoms with Crippen LogP contribution in [0.5, 0.6) is 0 Å². The standard InChI is InChI=1S/C22H22N2O6/c1-28-22(27)18-10-8-15(30-18)13-29-21(26)14-7-9-16-17(12-14)23-19-6-4-2-3-5-11-24(19)20(16)25/h7-10,12H,2-6,11,13H2,1H3. The number of nitrogens with zero attached hydrogens (tertiary/aromatic N) is 2. The van der Waals surface area contributed by atoms with Gasteiger partial charge in [0.2, 0.25) is 5.76 Å². The molecule has 2 aromatic heterocycles. The maximum atomic E-state index is 12.9. The van der Waals surface area contributed by atoms with Crippen molar-refractivity contribution >= 4 is 22.8 Å². The number of ether oxygens (including phenoxy) is 2. The zero-order chi connectivity index (χ0) is 21.1. The summed E-state index contributed by atoms with van der Waals surface area (Å²) in [5, 5.41) is 0.490. The van der Waals surface area contributed by atoms with E-state index in [2.05, 4.69) is 9.72 Å². The second-order valence-corrected chi connectivity index (χ2v) is 7.21. The first kappa shape index (κ1) is 19.9. The van der Waals surface area contributed by atoms with Gasteiger partial charge in [-0.15, -0.1) is 0 Å². The number of methoxy groups -OCH3 is 1. The van der Waals surface area contributed by atoms with E-state index in [4.69, 9.17) is 9.15 Å². The van der Waals surface area contributed by atoms with Crippen LogP contribution >= 0.6 is 0 Å². The molecule has 0 bridgehead atoms. The molecule has 0 aliphatic carbocycles. The number of hydrogen-bond donors (Lipinski definition) is 0. The van der Waals surface area contributed by atoms with Gasteiger partial charge in [0.15, 0.2) is 0 Å². The number of aryl methyl sites for hydroxylation is 1. The number of carbonyl (C=O) groups is 2. The molecule has 0 radical (unpaired) electrons. The lowest BCUT2D eigenvalue weighted by molar-refractivity contribution is 0.0438. The highest BCUT2D eigenvalue weighted by atomic mass is 16.5. The third-order valence-corrected chi connectivity index (χ3v) is 5.20. The van der Waals surface area contributed by atoms with Gasteiger partial charge < -0.3 is 13.9 Å². The number of aromatic nitrogens is 2. The van der Waals surface area contributed by atoms with Crippen LogP contribution in [0.25, 0.3) is 10.9 Å². The van der Waals surface area contributed by atoms with Crippen LogP contribution in [0, 0.1) is 0 Å². The summed E-state index contributed by atoms with van der Waals surface area (Å²) in [4.78, 5) is 41.4. The maximum Gasteiger partial charge on any atom is 0.373 e. The lowest BCUT2D eigenvalue weighted by Gasteiger charge is -2.16. The van der Waals surface area contributed by atoms with Crippen molar-refractivity contribution in [2.24, 2.45) is 0 Å². The minimum Gasteiger partial charge on any atom is -0.463 e. The Balaban J connectivity index is 1.54. The summed E-state index contributed by atoms with van der Waals surface area (Å²) in [6.45, 7) is 0.547. The van der Waals surface area contributed by atoms with Crippen molar-refractivity contribution in [2.45, 2.75) is 45.3 Å². The molecule has 8 nitrogen and oxygen atoms in total. The fraction of sp³-hybridized carbons (Fsp3) is 0.364. The van der Waals surface area contributed by atoms with Crippen LogP contribution in [0.2, 0.25) is 0 Å². The van der Waals surface area contributed by atoms with Crippen molar-refractivity contribution in [3.05, 3.63) is 63.6 Å². The van der Waals surface area contributed by atoms with Gasteiger partial charge in [-0.3, -0.25) is 9.36 Å². The molecule has 30 heavy (non-hydrogen) atoms. The van der Waals surface area contributed by atoms with Crippen LogP contribution in [0.1, 0.15) is 58.2 Å². The van der Waals surface area contributed by atoms with Crippen LogP contribution < -0.4 is 5.56 Å². The first-order chi connectivity index (χ1) is 14.6. The molecule has 0 amide bonds.